The Balaban J connectivity index is 1.23. The van der Waals surface area contributed by atoms with Crippen molar-refractivity contribution in [2.75, 3.05) is 26.2 Å². The van der Waals surface area contributed by atoms with Gasteiger partial charge in [-0.25, -0.2) is 0 Å². The zero-order valence-corrected chi connectivity index (χ0v) is 28.3. The number of amides is 3. The number of benzene rings is 3. The van der Waals surface area contributed by atoms with Crippen LogP contribution in [0, 0.1) is 6.92 Å². The molecule has 0 bridgehead atoms. The Hall–Kier alpha value is -4.00. The number of carbonyl (C=O) groups is 3. The summed E-state index contributed by atoms with van der Waals surface area (Å²) >= 11 is 1.00. The first kappa shape index (κ1) is 34.8. The maximum atomic E-state index is 14.4. The Morgan fingerprint density at radius 1 is 1.04 bits per heavy atom. The molecular formula is C35H36F2N3O7PS. The van der Waals surface area contributed by atoms with Crippen molar-refractivity contribution < 1.29 is 42.3 Å². The first-order valence-electron chi connectivity index (χ1n) is 15.9. The molecule has 0 spiro atoms. The summed E-state index contributed by atoms with van der Waals surface area (Å²) in [5.74, 6) is -1.18. The molecule has 2 aliphatic rings. The summed E-state index contributed by atoms with van der Waals surface area (Å²) < 4.78 is 46.6. The Morgan fingerprint density at radius 2 is 1.82 bits per heavy atom. The molecule has 6 rings (SSSR count). The highest BCUT2D eigenvalue weighted by atomic mass is 32.1. The van der Waals surface area contributed by atoms with Gasteiger partial charge < -0.3 is 29.6 Å². The topological polar surface area (TPSA) is 136 Å². The van der Waals surface area contributed by atoms with Crippen molar-refractivity contribution in [2.45, 2.75) is 50.0 Å². The predicted molar refractivity (Wildman–Crippen MR) is 180 cm³/mol. The second kappa shape index (κ2) is 14.1. The minimum atomic E-state index is -5.78. The number of likely N-dealkylation sites (tertiary alicyclic amines) is 1. The van der Waals surface area contributed by atoms with Crippen LogP contribution in [0.15, 0.2) is 78.9 Å². The highest BCUT2D eigenvalue weighted by Crippen LogP contribution is 2.59. The summed E-state index contributed by atoms with van der Waals surface area (Å²) in [6.07, 6.45) is 0.984. The summed E-state index contributed by atoms with van der Waals surface area (Å²) in [6.45, 7) is 3.39. The number of fused-ring (bicyclic) bond motifs is 1. The molecule has 3 amide bonds. The van der Waals surface area contributed by atoms with Crippen LogP contribution in [0.3, 0.4) is 0 Å². The Kier molecular flexibility index (Phi) is 10.0. The van der Waals surface area contributed by atoms with Gasteiger partial charge in [0.2, 0.25) is 11.8 Å². The molecule has 3 N–H and O–H groups in total. The Bertz CT molecular complexity index is 1920. The van der Waals surface area contributed by atoms with Crippen molar-refractivity contribution in [3.8, 4) is 0 Å². The van der Waals surface area contributed by atoms with Gasteiger partial charge in [-0.1, -0.05) is 66.2 Å². The SMILES string of the molecule is Cc1cccc(CC(NC(=O)c2cc3cc(C(F)(F)P(=O)(O)O)ccc3s2)C(=O)N2CCC[C@H]2C(=O)N2CCO[C@H](c3ccccc3)C2)c1. The minimum Gasteiger partial charge on any atom is -0.370 e. The van der Waals surface area contributed by atoms with Crippen molar-refractivity contribution in [1.82, 2.24) is 15.1 Å². The number of nitrogens with zero attached hydrogens (tertiary/aromatic N) is 2. The molecule has 3 aromatic carbocycles. The number of alkyl halides is 2. The van der Waals surface area contributed by atoms with Crippen LogP contribution in [0.25, 0.3) is 10.1 Å². The summed E-state index contributed by atoms with van der Waals surface area (Å²) in [7, 11) is -5.78. The number of aryl methyl sites for hydroxylation is 1. The van der Waals surface area contributed by atoms with Crippen LogP contribution >= 0.6 is 18.9 Å². The summed E-state index contributed by atoms with van der Waals surface area (Å²) in [4.78, 5) is 63.6. The quantitative estimate of drug-likeness (QED) is 0.199. The van der Waals surface area contributed by atoms with Gasteiger partial charge in [-0.3, -0.25) is 18.9 Å². The van der Waals surface area contributed by atoms with E-state index in [2.05, 4.69) is 5.32 Å². The number of nitrogens with one attached hydrogen (secondary N) is 1. The van der Waals surface area contributed by atoms with Crippen LogP contribution in [0.1, 0.15) is 50.9 Å². The van der Waals surface area contributed by atoms with Crippen molar-refractivity contribution in [2.24, 2.45) is 0 Å². The largest absolute Gasteiger partial charge is 0.399 e. The van der Waals surface area contributed by atoms with Gasteiger partial charge in [0.1, 0.15) is 18.2 Å². The summed E-state index contributed by atoms with van der Waals surface area (Å²) in [6, 6.07) is 20.0. The molecule has 2 saturated heterocycles. The maximum Gasteiger partial charge on any atom is 0.399 e. The van der Waals surface area contributed by atoms with Crippen molar-refractivity contribution in [1.29, 1.82) is 0 Å². The van der Waals surface area contributed by atoms with Gasteiger partial charge in [0.05, 0.1) is 18.0 Å². The van der Waals surface area contributed by atoms with Gasteiger partial charge in [-0.2, -0.15) is 8.78 Å². The molecule has 10 nitrogen and oxygen atoms in total. The van der Waals surface area contributed by atoms with Crippen molar-refractivity contribution in [3.63, 3.8) is 0 Å². The molecule has 1 aromatic heterocycles. The molecule has 0 saturated carbocycles. The average Bonchev–Trinajstić information content (AvgIpc) is 3.75. The third kappa shape index (κ3) is 7.46. The highest BCUT2D eigenvalue weighted by molar-refractivity contribution is 7.52. The average molecular weight is 712 g/mol. The Morgan fingerprint density at radius 3 is 2.55 bits per heavy atom. The minimum absolute atomic E-state index is 0.128. The zero-order chi connectivity index (χ0) is 34.9. The van der Waals surface area contributed by atoms with E-state index in [0.29, 0.717) is 43.8 Å². The van der Waals surface area contributed by atoms with E-state index in [1.807, 2.05) is 61.5 Å². The number of rotatable bonds is 9. The third-order valence-electron chi connectivity index (χ3n) is 8.95. The van der Waals surface area contributed by atoms with Gasteiger partial charge in [0.25, 0.3) is 5.91 Å². The summed E-state index contributed by atoms with van der Waals surface area (Å²) in [5.41, 5.74) is -2.53. The lowest BCUT2D eigenvalue weighted by atomic mass is 10.0. The zero-order valence-electron chi connectivity index (χ0n) is 26.6. The predicted octanol–water partition coefficient (Wildman–Crippen LogP) is 5.37. The molecule has 3 atom stereocenters. The molecule has 2 fully saturated rings. The van der Waals surface area contributed by atoms with Gasteiger partial charge in [0, 0.05) is 29.8 Å². The van der Waals surface area contributed by atoms with Crippen molar-refractivity contribution in [3.05, 3.63) is 106 Å². The maximum absolute atomic E-state index is 14.4. The number of hydrogen-bond acceptors (Lipinski definition) is 6. The second-order valence-electron chi connectivity index (χ2n) is 12.4. The number of thiophene rings is 1. The number of hydrogen-bond donors (Lipinski definition) is 3. The molecule has 4 aromatic rings. The van der Waals surface area contributed by atoms with Crippen LogP contribution < -0.4 is 5.32 Å². The molecule has 0 aliphatic carbocycles. The molecule has 0 radical (unpaired) electrons. The van der Waals surface area contributed by atoms with Crippen LogP contribution in [0.4, 0.5) is 8.78 Å². The van der Waals surface area contributed by atoms with E-state index >= 15 is 0 Å². The smallest absolute Gasteiger partial charge is 0.370 e. The molecular weight excluding hydrogens is 675 g/mol. The van der Waals surface area contributed by atoms with E-state index in [9.17, 15) is 27.7 Å². The van der Waals surface area contributed by atoms with E-state index < -0.39 is 42.7 Å². The van der Waals surface area contributed by atoms with Crippen LogP contribution in [0.5, 0.6) is 0 Å². The van der Waals surface area contributed by atoms with Crippen molar-refractivity contribution >= 4 is 46.7 Å². The standard InChI is InChI=1S/C35H36F2N3O7PS/c1-22-7-5-8-23(17-22)18-27(38-32(41)31-20-25-19-26(12-13-30(25)49-31)35(36,37)48(44,45)46)33(42)40-14-6-11-28(40)34(43)39-15-16-47-29(21-39)24-9-3-2-4-10-24/h2-5,7-10,12-13,17,19-20,27-29H,6,11,14-16,18,21H2,1H3,(H,38,41)(H2,44,45,46)/t27?,28-,29-/m0/s1. The lowest BCUT2D eigenvalue weighted by Gasteiger charge is -2.37. The van der Waals surface area contributed by atoms with E-state index in [-0.39, 0.29) is 28.7 Å². The molecule has 49 heavy (non-hydrogen) atoms. The fourth-order valence-corrected chi connectivity index (χ4v) is 7.85. The number of morpholine rings is 1. The van der Waals surface area contributed by atoms with Crippen LogP contribution in [-0.4, -0.2) is 75.6 Å². The lowest BCUT2D eigenvalue weighted by Crippen LogP contribution is -2.56. The highest BCUT2D eigenvalue weighted by Gasteiger charge is 2.50. The van der Waals surface area contributed by atoms with Gasteiger partial charge in [0.15, 0.2) is 0 Å². The number of ether oxygens (including phenoxy) is 1. The van der Waals surface area contributed by atoms with E-state index in [1.165, 1.54) is 12.1 Å². The van der Waals surface area contributed by atoms with Gasteiger partial charge >= 0.3 is 13.3 Å². The number of halogens is 2. The van der Waals surface area contributed by atoms with Crippen LogP contribution in [-0.2, 0) is 31.0 Å². The normalized spacial score (nSPS) is 19.2. The molecule has 3 heterocycles. The van der Waals surface area contributed by atoms with Gasteiger partial charge in [-0.05, 0) is 54.5 Å². The summed E-state index contributed by atoms with van der Waals surface area (Å²) in [5, 5.41) is 3.04. The van der Waals surface area contributed by atoms with E-state index in [1.54, 1.807) is 9.80 Å². The Labute approximate surface area is 285 Å². The molecule has 258 valence electrons. The number of carbonyl (C=O) groups excluding carboxylic acids is 3. The molecule has 2 aliphatic heterocycles. The first-order chi connectivity index (χ1) is 23.3. The molecule has 1 unspecified atom stereocenters. The lowest BCUT2D eigenvalue weighted by molar-refractivity contribution is -0.149. The van der Waals surface area contributed by atoms with Crippen LogP contribution in [0.2, 0.25) is 0 Å². The van der Waals surface area contributed by atoms with E-state index in [4.69, 9.17) is 14.5 Å². The fourth-order valence-electron chi connectivity index (χ4n) is 6.43. The molecule has 14 heteroatoms. The first-order valence-corrected chi connectivity index (χ1v) is 18.3. The van der Waals surface area contributed by atoms with E-state index in [0.717, 1.165) is 40.2 Å². The second-order valence-corrected chi connectivity index (χ2v) is 15.1. The third-order valence-corrected chi connectivity index (χ3v) is 11.1. The monoisotopic (exact) mass is 711 g/mol. The van der Waals surface area contributed by atoms with Gasteiger partial charge in [-0.15, -0.1) is 11.3 Å². The fraction of sp³-hybridized carbons (Fsp3) is 0.343.